The molecule has 0 fully saturated rings. The van der Waals surface area contributed by atoms with E-state index in [4.69, 9.17) is 5.21 Å². The van der Waals surface area contributed by atoms with Gasteiger partial charge in [-0.05, 0) is 43.7 Å². The van der Waals surface area contributed by atoms with Crippen LogP contribution in [0.15, 0.2) is 48.5 Å². The zero-order valence-electron chi connectivity index (χ0n) is 14.3. The summed E-state index contributed by atoms with van der Waals surface area (Å²) in [5.74, 6) is -0.867. The number of hydrogen-bond acceptors (Lipinski definition) is 5. The van der Waals surface area contributed by atoms with Gasteiger partial charge in [-0.3, -0.25) is 14.8 Å². The number of benzene rings is 1. The minimum atomic E-state index is -0.622. The molecule has 26 heavy (non-hydrogen) atoms. The average Bonchev–Trinajstić information content (AvgIpc) is 3.30. The second-order valence-corrected chi connectivity index (χ2v) is 8.07. The standard InChI is InChI=1S/C19H18N2O3S2/c1-11-4-3-5-13(10-11)15-7-6-14(25-15)12(2)20-18(22)16-8-9-17(26-16)19(23)21-24/h3-10,12,24H,1-2H3,(H,20,22)(H,21,23). The van der Waals surface area contributed by atoms with Crippen LogP contribution < -0.4 is 10.8 Å². The normalized spacial score (nSPS) is 11.8. The van der Waals surface area contributed by atoms with E-state index in [9.17, 15) is 9.59 Å². The highest BCUT2D eigenvalue weighted by atomic mass is 32.1. The van der Waals surface area contributed by atoms with Crippen LogP contribution in [0.1, 0.15) is 42.7 Å². The minimum Gasteiger partial charge on any atom is -0.344 e. The molecule has 1 atom stereocenters. The number of carbonyl (C=O) groups excluding carboxylic acids is 2. The molecule has 3 aromatic rings. The van der Waals surface area contributed by atoms with E-state index in [2.05, 4.69) is 36.5 Å². The molecule has 2 amide bonds. The second kappa shape index (κ2) is 7.82. The first-order chi connectivity index (χ1) is 12.5. The van der Waals surface area contributed by atoms with E-state index in [0.717, 1.165) is 26.7 Å². The lowest BCUT2D eigenvalue weighted by Crippen LogP contribution is -2.25. The molecule has 0 saturated carbocycles. The van der Waals surface area contributed by atoms with E-state index in [1.165, 1.54) is 11.6 Å². The molecular formula is C19H18N2O3S2. The zero-order valence-corrected chi connectivity index (χ0v) is 15.9. The smallest absolute Gasteiger partial charge is 0.284 e. The molecule has 134 valence electrons. The zero-order chi connectivity index (χ0) is 18.7. The van der Waals surface area contributed by atoms with Gasteiger partial charge in [-0.25, -0.2) is 5.48 Å². The second-order valence-electron chi connectivity index (χ2n) is 5.87. The Labute approximate surface area is 159 Å². The highest BCUT2D eigenvalue weighted by molar-refractivity contribution is 7.16. The van der Waals surface area contributed by atoms with Gasteiger partial charge in [-0.15, -0.1) is 22.7 Å². The van der Waals surface area contributed by atoms with Crippen LogP contribution in [0.4, 0.5) is 0 Å². The summed E-state index contributed by atoms with van der Waals surface area (Å²) >= 11 is 2.68. The monoisotopic (exact) mass is 386 g/mol. The predicted octanol–water partition coefficient (Wildman–Crippen LogP) is 4.40. The molecule has 0 aliphatic rings. The fraction of sp³-hybridized carbons (Fsp3) is 0.158. The number of aryl methyl sites for hydroxylation is 1. The number of rotatable bonds is 5. The quantitative estimate of drug-likeness (QED) is 0.449. The van der Waals surface area contributed by atoms with Crippen molar-refractivity contribution in [1.29, 1.82) is 0 Å². The van der Waals surface area contributed by atoms with Gasteiger partial charge in [-0.1, -0.05) is 29.8 Å². The van der Waals surface area contributed by atoms with Gasteiger partial charge in [-0.2, -0.15) is 0 Å². The summed E-state index contributed by atoms with van der Waals surface area (Å²) in [6.07, 6.45) is 0. The summed E-state index contributed by atoms with van der Waals surface area (Å²) in [4.78, 5) is 26.7. The Morgan fingerprint density at radius 3 is 2.42 bits per heavy atom. The van der Waals surface area contributed by atoms with Crippen LogP contribution in [-0.2, 0) is 0 Å². The molecule has 0 saturated heterocycles. The first-order valence-corrected chi connectivity index (χ1v) is 9.63. The maximum Gasteiger partial charge on any atom is 0.284 e. The predicted molar refractivity (Wildman–Crippen MR) is 104 cm³/mol. The Morgan fingerprint density at radius 1 is 1.00 bits per heavy atom. The summed E-state index contributed by atoms with van der Waals surface area (Å²) < 4.78 is 0. The van der Waals surface area contributed by atoms with Gasteiger partial charge in [0.25, 0.3) is 11.8 Å². The molecule has 2 heterocycles. The number of amides is 2. The molecule has 0 aliphatic carbocycles. The summed E-state index contributed by atoms with van der Waals surface area (Å²) in [5.41, 5.74) is 3.94. The molecule has 1 unspecified atom stereocenters. The number of thiophene rings is 2. The molecule has 0 spiro atoms. The third-order valence-electron chi connectivity index (χ3n) is 3.86. The van der Waals surface area contributed by atoms with E-state index >= 15 is 0 Å². The molecule has 0 aliphatic heterocycles. The van der Waals surface area contributed by atoms with Crippen LogP contribution in [0.25, 0.3) is 10.4 Å². The van der Waals surface area contributed by atoms with Crippen molar-refractivity contribution < 1.29 is 14.8 Å². The minimum absolute atomic E-state index is 0.150. The van der Waals surface area contributed by atoms with Crippen molar-refractivity contribution in [2.45, 2.75) is 19.9 Å². The van der Waals surface area contributed by atoms with Crippen LogP contribution in [0.3, 0.4) is 0 Å². The maximum atomic E-state index is 12.4. The van der Waals surface area contributed by atoms with Gasteiger partial charge in [0.2, 0.25) is 0 Å². The third kappa shape index (κ3) is 4.01. The number of hydroxylamine groups is 1. The van der Waals surface area contributed by atoms with Gasteiger partial charge in [0.05, 0.1) is 15.8 Å². The number of nitrogens with one attached hydrogen (secondary N) is 2. The van der Waals surface area contributed by atoms with E-state index in [0.29, 0.717) is 4.88 Å². The Balaban J connectivity index is 1.70. The lowest BCUT2D eigenvalue weighted by molar-refractivity contribution is 0.0711. The van der Waals surface area contributed by atoms with E-state index in [1.54, 1.807) is 22.9 Å². The molecule has 0 bridgehead atoms. The van der Waals surface area contributed by atoms with Gasteiger partial charge in [0.15, 0.2) is 0 Å². The summed E-state index contributed by atoms with van der Waals surface area (Å²) in [7, 11) is 0. The third-order valence-corrected chi connectivity index (χ3v) is 6.26. The Kier molecular flexibility index (Phi) is 5.51. The SMILES string of the molecule is Cc1cccc(-c2ccc(C(C)NC(=O)c3ccc(C(=O)NO)s3)s2)c1. The molecule has 5 nitrogen and oxygen atoms in total. The van der Waals surface area contributed by atoms with Crippen LogP contribution in [0, 0.1) is 6.92 Å². The largest absolute Gasteiger partial charge is 0.344 e. The first-order valence-electron chi connectivity index (χ1n) is 8.00. The van der Waals surface area contributed by atoms with Gasteiger partial charge >= 0.3 is 0 Å². The average molecular weight is 386 g/mol. The van der Waals surface area contributed by atoms with Crippen molar-refractivity contribution in [2.24, 2.45) is 0 Å². The van der Waals surface area contributed by atoms with E-state index in [-0.39, 0.29) is 16.8 Å². The number of hydrogen-bond donors (Lipinski definition) is 3. The first kappa shape index (κ1) is 18.3. The van der Waals surface area contributed by atoms with Crippen LogP contribution >= 0.6 is 22.7 Å². The Hall–Kier alpha value is -2.48. The van der Waals surface area contributed by atoms with E-state index in [1.807, 2.05) is 19.1 Å². The maximum absolute atomic E-state index is 12.4. The summed E-state index contributed by atoms with van der Waals surface area (Å²) in [6, 6.07) is 15.3. The molecule has 7 heteroatoms. The lowest BCUT2D eigenvalue weighted by atomic mass is 10.1. The van der Waals surface area contributed by atoms with Crippen molar-refractivity contribution in [3.8, 4) is 10.4 Å². The summed E-state index contributed by atoms with van der Waals surface area (Å²) in [6.45, 7) is 3.99. The lowest BCUT2D eigenvalue weighted by Gasteiger charge is -2.11. The van der Waals surface area contributed by atoms with Gasteiger partial charge in [0.1, 0.15) is 0 Å². The summed E-state index contributed by atoms with van der Waals surface area (Å²) in [5, 5.41) is 11.6. The van der Waals surface area contributed by atoms with Crippen LogP contribution in [-0.4, -0.2) is 17.0 Å². The van der Waals surface area contributed by atoms with Crippen molar-refractivity contribution in [2.75, 3.05) is 0 Å². The van der Waals surface area contributed by atoms with Crippen LogP contribution in [0.5, 0.6) is 0 Å². The molecule has 0 radical (unpaired) electrons. The molecule has 3 rings (SSSR count). The topological polar surface area (TPSA) is 78.4 Å². The van der Waals surface area contributed by atoms with Gasteiger partial charge in [0, 0.05) is 9.75 Å². The van der Waals surface area contributed by atoms with Crippen molar-refractivity contribution in [3.05, 3.63) is 68.7 Å². The molecular weight excluding hydrogens is 368 g/mol. The number of carbonyl (C=O) groups is 2. The molecule has 3 N–H and O–H groups in total. The Morgan fingerprint density at radius 2 is 1.73 bits per heavy atom. The highest BCUT2D eigenvalue weighted by Gasteiger charge is 2.17. The molecule has 2 aromatic heterocycles. The highest BCUT2D eigenvalue weighted by Crippen LogP contribution is 2.32. The Bertz CT molecular complexity index is 946. The van der Waals surface area contributed by atoms with Crippen molar-refractivity contribution >= 4 is 34.5 Å². The molecule has 1 aromatic carbocycles. The van der Waals surface area contributed by atoms with Crippen molar-refractivity contribution in [3.63, 3.8) is 0 Å². The van der Waals surface area contributed by atoms with Crippen LogP contribution in [0.2, 0.25) is 0 Å². The fourth-order valence-electron chi connectivity index (χ4n) is 2.51. The van der Waals surface area contributed by atoms with Gasteiger partial charge < -0.3 is 5.32 Å². The fourth-order valence-corrected chi connectivity index (χ4v) is 4.32. The van der Waals surface area contributed by atoms with Crippen molar-refractivity contribution in [1.82, 2.24) is 10.8 Å². The van der Waals surface area contributed by atoms with E-state index < -0.39 is 5.91 Å².